The molecule has 2 heterocycles. The summed E-state index contributed by atoms with van der Waals surface area (Å²) in [4.78, 5) is 15.4. The van der Waals surface area contributed by atoms with Gasteiger partial charge in [-0.3, -0.25) is 5.32 Å². The Kier molecular flexibility index (Phi) is 5.77. The first-order chi connectivity index (χ1) is 16.2. The minimum absolute atomic E-state index is 0.0447. The Bertz CT molecular complexity index is 1220. The minimum atomic E-state index is -0.793. The number of benzene rings is 2. The lowest BCUT2D eigenvalue weighted by atomic mass is 9.70. The van der Waals surface area contributed by atoms with Crippen LogP contribution in [-0.4, -0.2) is 41.0 Å². The first-order valence-electron chi connectivity index (χ1n) is 11.5. The van der Waals surface area contributed by atoms with E-state index in [0.29, 0.717) is 36.2 Å². The molecule has 2 fully saturated rings. The normalized spacial score (nSPS) is 26.4. The molecule has 3 aromatic rings. The number of carbonyl (C=O) groups is 1. The third kappa shape index (κ3) is 4.14. The lowest BCUT2D eigenvalue weighted by molar-refractivity contribution is 0.0833. The molecule has 2 aromatic carbocycles. The Morgan fingerprint density at radius 3 is 2.56 bits per heavy atom. The molecule has 1 aliphatic heterocycles. The molecule has 2 unspecified atom stereocenters. The highest BCUT2D eigenvalue weighted by Gasteiger charge is 2.39. The molecule has 1 saturated heterocycles. The lowest BCUT2D eigenvalue weighted by Crippen LogP contribution is -2.57. The molecule has 34 heavy (non-hydrogen) atoms. The number of nitrogens with one attached hydrogen (secondary N) is 4. The molecule has 0 spiro atoms. The van der Waals surface area contributed by atoms with Crippen LogP contribution in [0.1, 0.15) is 37.7 Å². The summed E-state index contributed by atoms with van der Waals surface area (Å²) < 4.78 is 42.0. The molecule has 2 aliphatic rings. The van der Waals surface area contributed by atoms with Gasteiger partial charge in [-0.1, -0.05) is 0 Å². The number of H-pyrrole nitrogens is 1. The highest BCUT2D eigenvalue weighted by atomic mass is 19.1. The third-order valence-corrected chi connectivity index (χ3v) is 7.18. The molecule has 1 aromatic heterocycles. The van der Waals surface area contributed by atoms with Gasteiger partial charge in [0.2, 0.25) is 0 Å². The van der Waals surface area contributed by atoms with Crippen LogP contribution >= 0.6 is 0 Å². The number of aromatic amines is 1. The zero-order chi connectivity index (χ0) is 24.0. The SMILES string of the molecule is CC1(NC(=O)NC[C@H]2C[C@H](c3c(-c4ccc(F)cc4)[nH]c4c(F)cc(F)cc43)C2)CCNC1O. The molecular weight excluding hydrogens is 445 g/mol. The van der Waals surface area contributed by atoms with Gasteiger partial charge in [0.1, 0.15) is 23.7 Å². The van der Waals surface area contributed by atoms with Crippen LogP contribution in [0.4, 0.5) is 18.0 Å². The van der Waals surface area contributed by atoms with Gasteiger partial charge in [-0.25, -0.2) is 18.0 Å². The van der Waals surface area contributed by atoms with E-state index in [-0.39, 0.29) is 29.2 Å². The highest BCUT2D eigenvalue weighted by Crippen LogP contribution is 2.48. The van der Waals surface area contributed by atoms with E-state index in [1.54, 1.807) is 19.1 Å². The number of halogens is 3. The maximum atomic E-state index is 14.5. The molecule has 0 radical (unpaired) electrons. The largest absolute Gasteiger partial charge is 0.376 e. The van der Waals surface area contributed by atoms with Crippen molar-refractivity contribution in [2.45, 2.75) is 43.9 Å². The first kappa shape index (κ1) is 22.7. The summed E-state index contributed by atoms with van der Waals surface area (Å²) in [6.45, 7) is 2.88. The van der Waals surface area contributed by atoms with E-state index >= 15 is 0 Å². The van der Waals surface area contributed by atoms with E-state index in [0.717, 1.165) is 24.5 Å². The number of rotatable bonds is 5. The zero-order valence-electron chi connectivity index (χ0n) is 18.7. The molecule has 5 rings (SSSR count). The number of amides is 2. The van der Waals surface area contributed by atoms with Crippen molar-refractivity contribution in [3.63, 3.8) is 0 Å². The Morgan fingerprint density at radius 2 is 1.88 bits per heavy atom. The highest BCUT2D eigenvalue weighted by molar-refractivity contribution is 5.92. The topological polar surface area (TPSA) is 89.2 Å². The first-order valence-corrected chi connectivity index (χ1v) is 11.5. The average molecular weight is 473 g/mol. The van der Waals surface area contributed by atoms with E-state index in [1.165, 1.54) is 18.2 Å². The number of hydrogen-bond donors (Lipinski definition) is 5. The summed E-state index contributed by atoms with van der Waals surface area (Å²) in [7, 11) is 0. The molecule has 1 aliphatic carbocycles. The smallest absolute Gasteiger partial charge is 0.315 e. The number of aromatic nitrogens is 1. The number of urea groups is 1. The van der Waals surface area contributed by atoms with Crippen molar-refractivity contribution >= 4 is 16.9 Å². The van der Waals surface area contributed by atoms with Crippen LogP contribution in [0.5, 0.6) is 0 Å². The summed E-state index contributed by atoms with van der Waals surface area (Å²) in [6, 6.07) is 7.75. The Morgan fingerprint density at radius 1 is 1.15 bits per heavy atom. The maximum absolute atomic E-state index is 14.5. The van der Waals surface area contributed by atoms with Gasteiger partial charge in [0.15, 0.2) is 0 Å². The second kappa shape index (κ2) is 8.63. The molecule has 2 atom stereocenters. The van der Waals surface area contributed by atoms with E-state index in [1.807, 2.05) is 0 Å². The van der Waals surface area contributed by atoms with E-state index < -0.39 is 23.4 Å². The maximum Gasteiger partial charge on any atom is 0.315 e. The van der Waals surface area contributed by atoms with Crippen molar-refractivity contribution < 1.29 is 23.1 Å². The van der Waals surface area contributed by atoms with E-state index in [9.17, 15) is 23.1 Å². The standard InChI is InChI=1S/C25H27F3N4O2/c1-25(6-7-29-23(25)33)32-24(34)30-12-13-8-15(9-13)20-18-10-17(27)11-19(28)22(18)31-21(20)14-2-4-16(26)5-3-14/h2-5,10-11,13,15,23,29,31,33H,6-9,12H2,1H3,(H2,30,32,34)/t13-,15-,23?,25?. The predicted molar refractivity (Wildman–Crippen MR) is 123 cm³/mol. The number of aliphatic hydroxyl groups excluding tert-OH is 1. The van der Waals surface area contributed by atoms with Crippen molar-refractivity contribution in [3.8, 4) is 11.3 Å². The van der Waals surface area contributed by atoms with Gasteiger partial charge < -0.3 is 20.7 Å². The van der Waals surface area contributed by atoms with Crippen LogP contribution < -0.4 is 16.0 Å². The minimum Gasteiger partial charge on any atom is -0.376 e. The van der Waals surface area contributed by atoms with Crippen LogP contribution in [0.25, 0.3) is 22.2 Å². The second-order valence-electron chi connectivity index (χ2n) is 9.62. The molecule has 5 N–H and O–H groups in total. The van der Waals surface area contributed by atoms with Crippen LogP contribution in [0, 0.1) is 23.4 Å². The Labute approximate surface area is 194 Å². The van der Waals surface area contributed by atoms with Crippen molar-refractivity contribution in [2.75, 3.05) is 13.1 Å². The van der Waals surface area contributed by atoms with Crippen molar-refractivity contribution in [3.05, 3.63) is 59.4 Å². The van der Waals surface area contributed by atoms with E-state index in [2.05, 4.69) is 20.9 Å². The van der Waals surface area contributed by atoms with Crippen LogP contribution in [-0.2, 0) is 0 Å². The third-order valence-electron chi connectivity index (χ3n) is 7.18. The van der Waals surface area contributed by atoms with Crippen molar-refractivity contribution in [1.82, 2.24) is 20.9 Å². The zero-order valence-corrected chi connectivity index (χ0v) is 18.7. The summed E-state index contributed by atoms with van der Waals surface area (Å²) in [5, 5.41) is 19.1. The van der Waals surface area contributed by atoms with Gasteiger partial charge in [0.25, 0.3) is 0 Å². The van der Waals surface area contributed by atoms with Gasteiger partial charge >= 0.3 is 6.03 Å². The summed E-state index contributed by atoms with van der Waals surface area (Å²) >= 11 is 0. The van der Waals surface area contributed by atoms with Gasteiger partial charge in [0, 0.05) is 18.0 Å². The van der Waals surface area contributed by atoms with Crippen molar-refractivity contribution in [1.29, 1.82) is 0 Å². The van der Waals surface area contributed by atoms with Crippen molar-refractivity contribution in [2.24, 2.45) is 5.92 Å². The molecule has 6 nitrogen and oxygen atoms in total. The fourth-order valence-electron chi connectivity index (χ4n) is 5.15. The average Bonchev–Trinajstić information content (AvgIpc) is 3.28. The number of aliphatic hydroxyl groups is 1. The molecule has 2 amide bonds. The molecule has 9 heteroatoms. The molecule has 180 valence electrons. The van der Waals surface area contributed by atoms with Crippen LogP contribution in [0.2, 0.25) is 0 Å². The predicted octanol–water partition coefficient (Wildman–Crippen LogP) is 4.12. The molecule has 0 bridgehead atoms. The Hall–Kier alpha value is -3.04. The molecule has 1 saturated carbocycles. The Balaban J connectivity index is 1.31. The quantitative estimate of drug-likeness (QED) is 0.387. The van der Waals surface area contributed by atoms with Gasteiger partial charge in [-0.15, -0.1) is 0 Å². The lowest BCUT2D eigenvalue weighted by Gasteiger charge is -2.37. The number of hydrogen-bond acceptors (Lipinski definition) is 3. The van der Waals surface area contributed by atoms with Crippen LogP contribution in [0.3, 0.4) is 0 Å². The van der Waals surface area contributed by atoms with Gasteiger partial charge in [-0.05, 0) is 86.0 Å². The summed E-state index contributed by atoms with van der Waals surface area (Å²) in [5.41, 5.74) is 1.69. The number of fused-ring (bicyclic) bond motifs is 1. The fourth-order valence-corrected chi connectivity index (χ4v) is 5.15. The van der Waals surface area contributed by atoms with Crippen LogP contribution in [0.15, 0.2) is 36.4 Å². The second-order valence-corrected chi connectivity index (χ2v) is 9.62. The summed E-state index contributed by atoms with van der Waals surface area (Å²) in [6.07, 6.45) is 1.31. The van der Waals surface area contributed by atoms with E-state index in [4.69, 9.17) is 0 Å². The molecular formula is C25H27F3N4O2. The fraction of sp³-hybridized carbons (Fsp3) is 0.400. The van der Waals surface area contributed by atoms with Gasteiger partial charge in [0.05, 0.1) is 16.7 Å². The summed E-state index contributed by atoms with van der Waals surface area (Å²) in [5.74, 6) is -1.44. The monoisotopic (exact) mass is 472 g/mol. The van der Waals surface area contributed by atoms with Gasteiger partial charge in [-0.2, -0.15) is 0 Å². The number of carbonyl (C=O) groups excluding carboxylic acids is 1.